The van der Waals surface area contributed by atoms with E-state index in [0.29, 0.717) is 30.2 Å². The van der Waals surface area contributed by atoms with Crippen LogP contribution in [0.2, 0.25) is 0 Å². The minimum absolute atomic E-state index is 0.0870. The predicted molar refractivity (Wildman–Crippen MR) is 104 cm³/mol. The third-order valence-electron chi connectivity index (χ3n) is 5.00. The molecule has 3 rings (SSSR count). The molecule has 0 aliphatic carbocycles. The highest BCUT2D eigenvalue weighted by molar-refractivity contribution is 6.01. The standard InChI is InChI=1S/C22H23NO5/c1-22(2)10-16(13-28-20-9-5-8-19(26)18(20)12-25)23(14-22)21(27)17-7-4-3-6-15(17)11-24/h3-9,11-12,16,26H,10,13-14H2,1-2H3/t16-/m0/s1. The Bertz CT molecular complexity index is 906. The first kappa shape index (κ1) is 19.6. The van der Waals surface area contributed by atoms with Crippen molar-refractivity contribution >= 4 is 18.5 Å². The van der Waals surface area contributed by atoms with Crippen LogP contribution in [0.1, 0.15) is 51.3 Å². The second kappa shape index (κ2) is 7.84. The summed E-state index contributed by atoms with van der Waals surface area (Å²) in [4.78, 5) is 37.4. The van der Waals surface area contributed by atoms with Crippen molar-refractivity contribution < 1.29 is 24.2 Å². The summed E-state index contributed by atoms with van der Waals surface area (Å²) in [5, 5.41) is 9.80. The number of phenolic OH excluding ortho intramolecular Hbond substituents is 1. The highest BCUT2D eigenvalue weighted by atomic mass is 16.5. The largest absolute Gasteiger partial charge is 0.507 e. The number of ether oxygens (including phenoxy) is 1. The van der Waals surface area contributed by atoms with Crippen molar-refractivity contribution in [1.82, 2.24) is 4.90 Å². The van der Waals surface area contributed by atoms with Gasteiger partial charge in [-0.2, -0.15) is 0 Å². The van der Waals surface area contributed by atoms with Gasteiger partial charge in [0.2, 0.25) is 0 Å². The van der Waals surface area contributed by atoms with Crippen LogP contribution in [0.15, 0.2) is 42.5 Å². The van der Waals surface area contributed by atoms with E-state index in [1.165, 1.54) is 6.07 Å². The van der Waals surface area contributed by atoms with Crippen LogP contribution in [-0.4, -0.2) is 47.7 Å². The molecule has 1 amide bonds. The van der Waals surface area contributed by atoms with E-state index in [1.54, 1.807) is 41.3 Å². The summed E-state index contributed by atoms with van der Waals surface area (Å²) >= 11 is 0. The molecule has 1 fully saturated rings. The minimum Gasteiger partial charge on any atom is -0.507 e. The number of amides is 1. The molecule has 2 aromatic rings. The van der Waals surface area contributed by atoms with Crippen molar-refractivity contribution in [3.05, 3.63) is 59.2 Å². The van der Waals surface area contributed by atoms with Gasteiger partial charge in [0, 0.05) is 12.1 Å². The first-order chi connectivity index (χ1) is 13.4. The average Bonchev–Trinajstić information content (AvgIpc) is 3.00. The van der Waals surface area contributed by atoms with Gasteiger partial charge in [0.25, 0.3) is 5.91 Å². The number of phenols is 1. The SMILES string of the molecule is CC1(C)C[C@@H](COc2cccc(O)c2C=O)N(C(=O)c2ccccc2C=O)C1. The van der Waals surface area contributed by atoms with Gasteiger partial charge in [0.05, 0.1) is 17.2 Å². The summed E-state index contributed by atoms with van der Waals surface area (Å²) in [5.41, 5.74) is 0.703. The van der Waals surface area contributed by atoms with Gasteiger partial charge in [-0.25, -0.2) is 0 Å². The number of hydrogen-bond acceptors (Lipinski definition) is 5. The van der Waals surface area contributed by atoms with Crippen LogP contribution in [0, 0.1) is 5.41 Å². The monoisotopic (exact) mass is 381 g/mol. The fraction of sp³-hybridized carbons (Fsp3) is 0.318. The van der Waals surface area contributed by atoms with Crippen molar-refractivity contribution in [2.75, 3.05) is 13.2 Å². The second-order valence-electron chi connectivity index (χ2n) is 7.78. The fourth-order valence-electron chi connectivity index (χ4n) is 3.70. The van der Waals surface area contributed by atoms with Crippen LogP contribution in [0.4, 0.5) is 0 Å². The maximum Gasteiger partial charge on any atom is 0.254 e. The van der Waals surface area contributed by atoms with E-state index >= 15 is 0 Å². The van der Waals surface area contributed by atoms with E-state index in [4.69, 9.17) is 4.74 Å². The van der Waals surface area contributed by atoms with Crippen molar-refractivity contribution in [3.63, 3.8) is 0 Å². The van der Waals surface area contributed by atoms with Crippen molar-refractivity contribution in [1.29, 1.82) is 0 Å². The Morgan fingerprint density at radius 3 is 2.64 bits per heavy atom. The molecule has 1 aliphatic rings. The maximum atomic E-state index is 13.1. The molecule has 1 aliphatic heterocycles. The van der Waals surface area contributed by atoms with Gasteiger partial charge in [-0.1, -0.05) is 38.1 Å². The molecule has 0 saturated carbocycles. The normalized spacial score (nSPS) is 17.9. The first-order valence-electron chi connectivity index (χ1n) is 9.11. The van der Waals surface area contributed by atoms with Gasteiger partial charge in [-0.3, -0.25) is 14.4 Å². The van der Waals surface area contributed by atoms with Crippen LogP contribution in [0.5, 0.6) is 11.5 Å². The van der Waals surface area contributed by atoms with Crippen LogP contribution in [0.3, 0.4) is 0 Å². The number of nitrogens with zero attached hydrogens (tertiary/aromatic N) is 1. The molecule has 0 bridgehead atoms. The first-order valence-corrected chi connectivity index (χ1v) is 9.11. The topological polar surface area (TPSA) is 83.9 Å². The van der Waals surface area contributed by atoms with Gasteiger partial charge in [0.15, 0.2) is 12.6 Å². The summed E-state index contributed by atoms with van der Waals surface area (Å²) in [6.45, 7) is 4.87. The summed E-state index contributed by atoms with van der Waals surface area (Å²) < 4.78 is 5.80. The molecule has 1 atom stereocenters. The molecule has 0 radical (unpaired) electrons. The Balaban J connectivity index is 1.83. The number of aromatic hydroxyl groups is 1. The number of benzene rings is 2. The molecule has 146 valence electrons. The third kappa shape index (κ3) is 3.91. The van der Waals surface area contributed by atoms with Crippen molar-refractivity contribution in [2.45, 2.75) is 26.3 Å². The Labute approximate surface area is 163 Å². The highest BCUT2D eigenvalue weighted by Crippen LogP contribution is 2.36. The number of likely N-dealkylation sites (tertiary alicyclic amines) is 1. The molecule has 0 spiro atoms. The number of rotatable bonds is 6. The average molecular weight is 381 g/mol. The fourth-order valence-corrected chi connectivity index (χ4v) is 3.70. The molecule has 2 aromatic carbocycles. The number of carbonyl (C=O) groups is 3. The molecule has 6 nitrogen and oxygen atoms in total. The lowest BCUT2D eigenvalue weighted by molar-refractivity contribution is 0.0680. The van der Waals surface area contributed by atoms with Crippen molar-refractivity contribution in [2.24, 2.45) is 5.41 Å². The Morgan fingerprint density at radius 2 is 1.93 bits per heavy atom. The summed E-state index contributed by atoms with van der Waals surface area (Å²) in [6.07, 6.45) is 1.95. The van der Waals surface area contributed by atoms with Crippen LogP contribution in [-0.2, 0) is 0 Å². The summed E-state index contributed by atoms with van der Waals surface area (Å²) in [6, 6.07) is 11.1. The molecular formula is C22H23NO5. The van der Waals surface area contributed by atoms with Gasteiger partial charge in [-0.05, 0) is 30.0 Å². The quantitative estimate of drug-likeness (QED) is 0.776. The van der Waals surface area contributed by atoms with Gasteiger partial charge in [-0.15, -0.1) is 0 Å². The van der Waals surface area contributed by atoms with E-state index < -0.39 is 0 Å². The van der Waals surface area contributed by atoms with Gasteiger partial charge in [0.1, 0.15) is 18.1 Å². The Kier molecular flexibility index (Phi) is 5.49. The molecule has 1 N–H and O–H groups in total. The third-order valence-corrected chi connectivity index (χ3v) is 5.00. The predicted octanol–water partition coefficient (Wildman–Crippen LogP) is 3.34. The Hall–Kier alpha value is -3.15. The lowest BCUT2D eigenvalue weighted by atomic mass is 9.91. The van der Waals surface area contributed by atoms with Crippen LogP contribution in [0.25, 0.3) is 0 Å². The zero-order valence-corrected chi connectivity index (χ0v) is 15.9. The summed E-state index contributed by atoms with van der Waals surface area (Å²) in [7, 11) is 0. The zero-order valence-electron chi connectivity index (χ0n) is 15.9. The number of hydrogen-bond donors (Lipinski definition) is 1. The van der Waals surface area contributed by atoms with E-state index in [-0.39, 0.29) is 41.0 Å². The zero-order chi connectivity index (χ0) is 20.3. The second-order valence-corrected chi connectivity index (χ2v) is 7.78. The van der Waals surface area contributed by atoms with E-state index in [1.807, 2.05) is 0 Å². The van der Waals surface area contributed by atoms with Gasteiger partial charge < -0.3 is 14.7 Å². The highest BCUT2D eigenvalue weighted by Gasteiger charge is 2.41. The van der Waals surface area contributed by atoms with E-state index in [2.05, 4.69) is 13.8 Å². The van der Waals surface area contributed by atoms with Gasteiger partial charge >= 0.3 is 0 Å². The lowest BCUT2D eigenvalue weighted by Crippen LogP contribution is -2.39. The molecule has 1 heterocycles. The molecule has 0 aromatic heterocycles. The Morgan fingerprint density at radius 1 is 1.18 bits per heavy atom. The van der Waals surface area contributed by atoms with Crippen LogP contribution < -0.4 is 4.74 Å². The molecular weight excluding hydrogens is 358 g/mol. The summed E-state index contributed by atoms with van der Waals surface area (Å²) in [5.74, 6) is -0.0825. The number of carbonyl (C=O) groups excluding carboxylic acids is 3. The smallest absolute Gasteiger partial charge is 0.254 e. The lowest BCUT2D eigenvalue weighted by Gasteiger charge is -2.26. The molecule has 28 heavy (non-hydrogen) atoms. The van der Waals surface area contributed by atoms with E-state index in [0.717, 1.165) is 6.42 Å². The van der Waals surface area contributed by atoms with E-state index in [9.17, 15) is 19.5 Å². The molecule has 6 heteroatoms. The number of aldehydes is 2. The maximum absolute atomic E-state index is 13.1. The molecule has 1 saturated heterocycles. The van der Waals surface area contributed by atoms with Crippen LogP contribution >= 0.6 is 0 Å². The molecule has 0 unspecified atom stereocenters. The van der Waals surface area contributed by atoms with Crippen molar-refractivity contribution in [3.8, 4) is 11.5 Å². The minimum atomic E-state index is -0.218.